The van der Waals surface area contributed by atoms with Crippen molar-refractivity contribution in [2.45, 2.75) is 33.1 Å². The lowest BCUT2D eigenvalue weighted by molar-refractivity contribution is -0.120. The van der Waals surface area contributed by atoms with Crippen molar-refractivity contribution in [2.75, 3.05) is 31.5 Å². The van der Waals surface area contributed by atoms with Gasteiger partial charge < -0.3 is 20.5 Å². The second kappa shape index (κ2) is 10.1. The van der Waals surface area contributed by atoms with Crippen molar-refractivity contribution in [1.29, 1.82) is 0 Å². The topological polar surface area (TPSA) is 77.2 Å². The third-order valence-electron chi connectivity index (χ3n) is 7.20. The van der Waals surface area contributed by atoms with Crippen molar-refractivity contribution < 1.29 is 14.0 Å². The standard InChI is InChI=1S/C29H31FN4O2/c1-18-22(17-27(35)31-12-15-34-13-5-6-14-34)19(2)32-26(18)16-23-28-21(20-8-3-4-10-24(20)30)9-7-11-25(28)33-29(23)36/h3-4,7-11,16,32H,5-6,12-15,17H2,1-2H3,(H,31,35)(H,33,36)/b23-16-. The highest BCUT2D eigenvalue weighted by Gasteiger charge is 2.28. The molecule has 3 aromatic rings. The van der Waals surface area contributed by atoms with E-state index in [2.05, 4.69) is 20.5 Å². The van der Waals surface area contributed by atoms with Gasteiger partial charge in [-0.15, -0.1) is 0 Å². The molecule has 2 aliphatic heterocycles. The summed E-state index contributed by atoms with van der Waals surface area (Å²) in [5, 5.41) is 5.94. The van der Waals surface area contributed by atoms with Gasteiger partial charge in [-0.2, -0.15) is 0 Å². The maximum atomic E-state index is 14.6. The zero-order valence-corrected chi connectivity index (χ0v) is 20.7. The predicted octanol–water partition coefficient (Wildman–Crippen LogP) is 4.68. The summed E-state index contributed by atoms with van der Waals surface area (Å²) in [5.74, 6) is -0.583. The highest BCUT2D eigenvalue weighted by Crippen LogP contribution is 2.41. The minimum absolute atomic E-state index is 0.00982. The molecular formula is C29H31FN4O2. The molecule has 0 spiro atoms. The average Bonchev–Trinajstić information content (AvgIpc) is 3.55. The van der Waals surface area contributed by atoms with Crippen molar-refractivity contribution in [2.24, 2.45) is 0 Å². The molecule has 0 saturated carbocycles. The summed E-state index contributed by atoms with van der Waals surface area (Å²) in [7, 11) is 0. The molecule has 2 aromatic carbocycles. The molecule has 0 bridgehead atoms. The van der Waals surface area contributed by atoms with Gasteiger partial charge in [-0.25, -0.2) is 4.39 Å². The fourth-order valence-electron chi connectivity index (χ4n) is 5.24. The van der Waals surface area contributed by atoms with E-state index in [0.29, 0.717) is 34.5 Å². The van der Waals surface area contributed by atoms with Crippen molar-refractivity contribution in [3.05, 3.63) is 76.4 Å². The summed E-state index contributed by atoms with van der Waals surface area (Å²) in [4.78, 5) is 31.3. The van der Waals surface area contributed by atoms with Gasteiger partial charge in [0.15, 0.2) is 0 Å². The van der Waals surface area contributed by atoms with Crippen LogP contribution < -0.4 is 10.6 Å². The van der Waals surface area contributed by atoms with E-state index in [1.54, 1.807) is 18.2 Å². The van der Waals surface area contributed by atoms with E-state index in [0.717, 1.165) is 42.1 Å². The van der Waals surface area contributed by atoms with E-state index < -0.39 is 0 Å². The summed E-state index contributed by atoms with van der Waals surface area (Å²) in [6.07, 6.45) is 4.56. The van der Waals surface area contributed by atoms with Gasteiger partial charge in [0.05, 0.1) is 12.0 Å². The van der Waals surface area contributed by atoms with Gasteiger partial charge in [0.25, 0.3) is 5.91 Å². The van der Waals surface area contributed by atoms with Gasteiger partial charge in [0, 0.05) is 41.3 Å². The van der Waals surface area contributed by atoms with Crippen LogP contribution in [0.3, 0.4) is 0 Å². The molecule has 7 heteroatoms. The fraction of sp³-hybridized carbons (Fsp3) is 0.310. The molecule has 1 fully saturated rings. The Balaban J connectivity index is 1.40. The van der Waals surface area contributed by atoms with Gasteiger partial charge in [-0.1, -0.05) is 30.3 Å². The molecule has 2 amide bonds. The lowest BCUT2D eigenvalue weighted by Gasteiger charge is -2.14. The first-order chi connectivity index (χ1) is 17.4. The Morgan fingerprint density at radius 1 is 1.08 bits per heavy atom. The van der Waals surface area contributed by atoms with Crippen LogP contribution in [0.2, 0.25) is 0 Å². The Labute approximate surface area is 210 Å². The molecule has 1 aromatic heterocycles. The van der Waals surface area contributed by atoms with E-state index in [-0.39, 0.29) is 24.1 Å². The molecular weight excluding hydrogens is 455 g/mol. The number of likely N-dealkylation sites (tertiary alicyclic amines) is 1. The third kappa shape index (κ3) is 4.71. The molecule has 2 aliphatic rings. The molecule has 5 rings (SSSR count). The lowest BCUT2D eigenvalue weighted by atomic mass is 9.93. The van der Waals surface area contributed by atoms with Crippen LogP contribution in [0.4, 0.5) is 10.1 Å². The van der Waals surface area contributed by atoms with E-state index in [4.69, 9.17) is 0 Å². The number of aryl methyl sites for hydroxylation is 1. The van der Waals surface area contributed by atoms with Gasteiger partial charge in [-0.3, -0.25) is 9.59 Å². The second-order valence-electron chi connectivity index (χ2n) is 9.56. The molecule has 1 saturated heterocycles. The number of anilines is 1. The number of halogens is 1. The summed E-state index contributed by atoms with van der Waals surface area (Å²) in [6, 6.07) is 12.0. The number of rotatable bonds is 7. The molecule has 3 N–H and O–H groups in total. The molecule has 6 nitrogen and oxygen atoms in total. The van der Waals surface area contributed by atoms with Crippen LogP contribution in [-0.4, -0.2) is 47.9 Å². The monoisotopic (exact) mass is 486 g/mol. The number of fused-ring (bicyclic) bond motifs is 1. The van der Waals surface area contributed by atoms with Crippen molar-refractivity contribution in [3.63, 3.8) is 0 Å². The maximum absolute atomic E-state index is 14.6. The summed E-state index contributed by atoms with van der Waals surface area (Å²) < 4.78 is 14.6. The van der Waals surface area contributed by atoms with Gasteiger partial charge in [0.2, 0.25) is 5.91 Å². The number of nitrogens with zero attached hydrogens (tertiary/aromatic N) is 1. The smallest absolute Gasteiger partial charge is 0.256 e. The highest BCUT2D eigenvalue weighted by atomic mass is 19.1. The second-order valence-corrected chi connectivity index (χ2v) is 9.56. The van der Waals surface area contributed by atoms with Crippen LogP contribution in [0, 0.1) is 19.7 Å². The van der Waals surface area contributed by atoms with Crippen LogP contribution in [0.1, 0.15) is 40.9 Å². The van der Waals surface area contributed by atoms with Crippen LogP contribution in [0.5, 0.6) is 0 Å². The lowest BCUT2D eigenvalue weighted by Crippen LogP contribution is -2.34. The maximum Gasteiger partial charge on any atom is 0.256 e. The predicted molar refractivity (Wildman–Crippen MR) is 141 cm³/mol. The van der Waals surface area contributed by atoms with Gasteiger partial charge >= 0.3 is 0 Å². The Bertz CT molecular complexity index is 1350. The number of H-pyrrole nitrogens is 1. The van der Waals surface area contributed by atoms with Gasteiger partial charge in [-0.05, 0) is 74.7 Å². The van der Waals surface area contributed by atoms with E-state index in [1.165, 1.54) is 18.9 Å². The quantitative estimate of drug-likeness (QED) is 0.424. The minimum atomic E-state index is -0.338. The highest BCUT2D eigenvalue weighted by molar-refractivity contribution is 6.36. The van der Waals surface area contributed by atoms with Crippen molar-refractivity contribution in [1.82, 2.24) is 15.2 Å². The number of hydrogen-bond donors (Lipinski definition) is 3. The molecule has 36 heavy (non-hydrogen) atoms. The number of carbonyl (C=O) groups is 2. The van der Waals surface area contributed by atoms with Crippen LogP contribution in [0.25, 0.3) is 22.8 Å². The Kier molecular flexibility index (Phi) is 6.74. The number of amides is 2. The number of benzene rings is 2. The summed E-state index contributed by atoms with van der Waals surface area (Å²) in [5.41, 5.74) is 6.45. The van der Waals surface area contributed by atoms with Crippen LogP contribution in [-0.2, 0) is 16.0 Å². The Morgan fingerprint density at radius 2 is 1.83 bits per heavy atom. The Morgan fingerprint density at radius 3 is 2.61 bits per heavy atom. The molecule has 0 aliphatic carbocycles. The minimum Gasteiger partial charge on any atom is -0.359 e. The summed E-state index contributed by atoms with van der Waals surface area (Å²) >= 11 is 0. The number of aromatic nitrogens is 1. The number of aromatic amines is 1. The van der Waals surface area contributed by atoms with Crippen molar-refractivity contribution in [3.8, 4) is 11.1 Å². The first-order valence-electron chi connectivity index (χ1n) is 12.5. The van der Waals surface area contributed by atoms with E-state index >= 15 is 0 Å². The Hall–Kier alpha value is -3.71. The largest absolute Gasteiger partial charge is 0.359 e. The molecule has 0 unspecified atom stereocenters. The molecule has 0 radical (unpaired) electrons. The zero-order chi connectivity index (χ0) is 25.2. The van der Waals surface area contributed by atoms with Crippen LogP contribution >= 0.6 is 0 Å². The zero-order valence-electron chi connectivity index (χ0n) is 20.7. The first-order valence-corrected chi connectivity index (χ1v) is 12.5. The van der Waals surface area contributed by atoms with Gasteiger partial charge in [0.1, 0.15) is 5.82 Å². The van der Waals surface area contributed by atoms with E-state index in [9.17, 15) is 14.0 Å². The first kappa shape index (κ1) is 24.0. The summed E-state index contributed by atoms with van der Waals surface area (Å²) in [6.45, 7) is 7.65. The normalized spacial score (nSPS) is 16.4. The third-order valence-corrected chi connectivity index (χ3v) is 7.20. The number of carbonyl (C=O) groups excluding carboxylic acids is 2. The number of nitrogens with one attached hydrogen (secondary N) is 3. The molecule has 186 valence electrons. The fourth-order valence-corrected chi connectivity index (χ4v) is 5.24. The van der Waals surface area contributed by atoms with Crippen molar-refractivity contribution >= 4 is 29.2 Å². The van der Waals surface area contributed by atoms with E-state index in [1.807, 2.05) is 38.1 Å². The average molecular weight is 487 g/mol. The number of hydrogen-bond acceptors (Lipinski definition) is 3. The van der Waals surface area contributed by atoms with Crippen LogP contribution in [0.15, 0.2) is 42.5 Å². The molecule has 3 heterocycles. The molecule has 0 atom stereocenters. The SMILES string of the molecule is Cc1[nH]c(/C=C2\C(=O)Nc3cccc(-c4ccccc4F)c32)c(C)c1CC(=O)NCCN1CCCC1.